The highest BCUT2D eigenvalue weighted by Crippen LogP contribution is 2.06. The average molecular weight is 252 g/mol. The van der Waals surface area contributed by atoms with Crippen molar-refractivity contribution in [3.05, 3.63) is 48.0 Å². The third-order valence-electron chi connectivity index (χ3n) is 2.15. The Bertz CT molecular complexity index is 415. The first kappa shape index (κ1) is 13.5. The molecule has 0 bridgehead atoms. The number of alkyl halides is 1. The molecule has 1 aromatic carbocycles. The van der Waals surface area contributed by atoms with Gasteiger partial charge in [0.05, 0.1) is 0 Å². The minimum absolute atomic E-state index is 0.207. The first-order valence-corrected chi connectivity index (χ1v) is 5.83. The summed E-state index contributed by atoms with van der Waals surface area (Å²) in [6, 6.07) is 8.67. The van der Waals surface area contributed by atoms with Gasteiger partial charge in [-0.2, -0.15) is 0 Å². The predicted octanol–water partition coefficient (Wildman–Crippen LogP) is 2.47. The lowest BCUT2D eigenvalue weighted by atomic mass is 10.2. The van der Waals surface area contributed by atoms with Gasteiger partial charge in [-0.3, -0.25) is 14.5 Å². The molecule has 0 fully saturated rings. The first-order chi connectivity index (χ1) is 8.20. The third kappa shape index (κ3) is 3.71. The molecule has 0 radical (unpaired) electrons. The van der Waals surface area contributed by atoms with Gasteiger partial charge in [-0.1, -0.05) is 24.3 Å². The van der Waals surface area contributed by atoms with Gasteiger partial charge in [-0.05, 0) is 25.1 Å². The van der Waals surface area contributed by atoms with Gasteiger partial charge in [-0.25, -0.2) is 0 Å². The monoisotopic (exact) mass is 251 g/mol. The van der Waals surface area contributed by atoms with E-state index >= 15 is 0 Å². The van der Waals surface area contributed by atoms with Crippen LogP contribution in [0.4, 0.5) is 0 Å². The van der Waals surface area contributed by atoms with E-state index in [9.17, 15) is 9.59 Å². The van der Waals surface area contributed by atoms with Gasteiger partial charge in [0.15, 0.2) is 0 Å². The number of hydrogen-bond donors (Lipinski definition) is 0. The number of rotatable bonds is 4. The molecule has 2 amide bonds. The number of hydrogen-bond acceptors (Lipinski definition) is 2. The van der Waals surface area contributed by atoms with Crippen LogP contribution >= 0.6 is 11.6 Å². The number of imide groups is 1. The summed E-state index contributed by atoms with van der Waals surface area (Å²) in [5.74, 6) is -0.446. The zero-order valence-electron chi connectivity index (χ0n) is 9.60. The fourth-order valence-corrected chi connectivity index (χ4v) is 1.53. The minimum atomic E-state index is -0.345. The number of halogens is 1. The summed E-state index contributed by atoms with van der Waals surface area (Å²) < 4.78 is 0. The largest absolute Gasteiger partial charge is 0.274 e. The van der Waals surface area contributed by atoms with Crippen molar-refractivity contribution in [1.82, 2.24) is 4.90 Å². The highest BCUT2D eigenvalue weighted by atomic mass is 35.5. The SMILES string of the molecule is C/C=C/C(=O)N(CCCl)C(=O)c1ccccc1. The Kier molecular flexibility index (Phi) is 5.43. The van der Waals surface area contributed by atoms with E-state index in [2.05, 4.69) is 0 Å². The van der Waals surface area contributed by atoms with Crippen molar-refractivity contribution < 1.29 is 9.59 Å². The molecule has 0 atom stereocenters. The van der Waals surface area contributed by atoms with E-state index in [1.165, 1.54) is 6.08 Å². The summed E-state index contributed by atoms with van der Waals surface area (Å²) in [7, 11) is 0. The fourth-order valence-electron chi connectivity index (χ4n) is 1.37. The molecule has 0 aromatic heterocycles. The first-order valence-electron chi connectivity index (χ1n) is 5.30. The molecule has 0 saturated carbocycles. The van der Waals surface area contributed by atoms with Crippen LogP contribution in [0.2, 0.25) is 0 Å². The van der Waals surface area contributed by atoms with E-state index in [0.29, 0.717) is 5.56 Å². The van der Waals surface area contributed by atoms with Crippen LogP contribution in [-0.4, -0.2) is 29.1 Å². The van der Waals surface area contributed by atoms with Gasteiger partial charge >= 0.3 is 0 Å². The fraction of sp³-hybridized carbons (Fsp3) is 0.231. The number of benzene rings is 1. The Morgan fingerprint density at radius 1 is 1.29 bits per heavy atom. The molecule has 17 heavy (non-hydrogen) atoms. The van der Waals surface area contributed by atoms with Gasteiger partial charge in [0.1, 0.15) is 0 Å². The van der Waals surface area contributed by atoms with E-state index in [1.807, 2.05) is 6.07 Å². The van der Waals surface area contributed by atoms with Crippen molar-refractivity contribution in [2.75, 3.05) is 12.4 Å². The molecule has 1 rings (SSSR count). The molecule has 3 nitrogen and oxygen atoms in total. The lowest BCUT2D eigenvalue weighted by Crippen LogP contribution is -2.37. The van der Waals surface area contributed by atoms with Crippen molar-refractivity contribution in [2.45, 2.75) is 6.92 Å². The van der Waals surface area contributed by atoms with Crippen molar-refractivity contribution in [3.8, 4) is 0 Å². The molecular weight excluding hydrogens is 238 g/mol. The van der Waals surface area contributed by atoms with Crippen molar-refractivity contribution in [2.24, 2.45) is 0 Å². The Morgan fingerprint density at radius 2 is 1.94 bits per heavy atom. The van der Waals surface area contributed by atoms with Gasteiger partial charge in [-0.15, -0.1) is 11.6 Å². The molecule has 4 heteroatoms. The molecule has 0 aliphatic heterocycles. The van der Waals surface area contributed by atoms with Crippen LogP contribution in [0.15, 0.2) is 42.5 Å². The summed E-state index contributed by atoms with van der Waals surface area (Å²) in [6.07, 6.45) is 2.95. The zero-order valence-corrected chi connectivity index (χ0v) is 10.4. The molecule has 0 unspecified atom stereocenters. The molecule has 0 heterocycles. The second-order valence-corrected chi connectivity index (χ2v) is 3.73. The van der Waals surface area contributed by atoms with Crippen LogP contribution in [0, 0.1) is 0 Å². The van der Waals surface area contributed by atoms with Gasteiger partial charge in [0.2, 0.25) is 0 Å². The second-order valence-electron chi connectivity index (χ2n) is 3.35. The molecule has 0 aliphatic rings. The number of nitrogens with zero attached hydrogens (tertiary/aromatic N) is 1. The Morgan fingerprint density at radius 3 is 2.47 bits per heavy atom. The summed E-state index contributed by atoms with van der Waals surface area (Å²) in [5.41, 5.74) is 0.482. The van der Waals surface area contributed by atoms with Gasteiger partial charge in [0, 0.05) is 18.0 Å². The molecule has 90 valence electrons. The van der Waals surface area contributed by atoms with E-state index in [0.717, 1.165) is 4.90 Å². The molecular formula is C13H14ClNO2. The summed E-state index contributed by atoms with van der Waals surface area (Å²) in [5, 5.41) is 0. The van der Waals surface area contributed by atoms with Crippen molar-refractivity contribution in [1.29, 1.82) is 0 Å². The lowest BCUT2D eigenvalue weighted by Gasteiger charge is -2.17. The standard InChI is InChI=1S/C13H14ClNO2/c1-2-6-12(16)15(10-9-14)13(17)11-7-4-3-5-8-11/h2-8H,9-10H2,1H3/b6-2+. The third-order valence-corrected chi connectivity index (χ3v) is 2.32. The smallest absolute Gasteiger partial charge is 0.260 e. The van der Waals surface area contributed by atoms with Crippen LogP contribution in [0.25, 0.3) is 0 Å². The van der Waals surface area contributed by atoms with E-state index in [4.69, 9.17) is 11.6 Å². The molecule has 0 spiro atoms. The van der Waals surface area contributed by atoms with Crippen LogP contribution in [-0.2, 0) is 4.79 Å². The Labute approximate surface area is 106 Å². The van der Waals surface area contributed by atoms with Gasteiger partial charge < -0.3 is 0 Å². The van der Waals surface area contributed by atoms with Crippen LogP contribution < -0.4 is 0 Å². The van der Waals surface area contributed by atoms with E-state index in [1.54, 1.807) is 37.3 Å². The highest BCUT2D eigenvalue weighted by Gasteiger charge is 2.19. The normalized spacial score (nSPS) is 10.5. The lowest BCUT2D eigenvalue weighted by molar-refractivity contribution is -0.123. The second kappa shape index (κ2) is 6.86. The average Bonchev–Trinajstić information content (AvgIpc) is 2.36. The van der Waals surface area contributed by atoms with Gasteiger partial charge in [0.25, 0.3) is 11.8 Å². The summed E-state index contributed by atoms with van der Waals surface area (Å²) >= 11 is 5.60. The van der Waals surface area contributed by atoms with Crippen LogP contribution in [0.1, 0.15) is 17.3 Å². The van der Waals surface area contributed by atoms with Crippen molar-refractivity contribution >= 4 is 23.4 Å². The van der Waals surface area contributed by atoms with E-state index in [-0.39, 0.29) is 24.2 Å². The Hall–Kier alpha value is -1.61. The highest BCUT2D eigenvalue weighted by molar-refractivity contribution is 6.18. The van der Waals surface area contributed by atoms with Crippen molar-refractivity contribution in [3.63, 3.8) is 0 Å². The molecule has 0 aliphatic carbocycles. The summed E-state index contributed by atoms with van der Waals surface area (Å²) in [4.78, 5) is 24.9. The Balaban J connectivity index is 2.92. The number of carbonyl (C=O) groups excluding carboxylic acids is 2. The maximum atomic E-state index is 12.1. The maximum absolute atomic E-state index is 12.1. The molecule has 1 aromatic rings. The van der Waals surface area contributed by atoms with Crippen LogP contribution in [0.5, 0.6) is 0 Å². The van der Waals surface area contributed by atoms with Crippen LogP contribution in [0.3, 0.4) is 0 Å². The number of carbonyl (C=O) groups is 2. The number of allylic oxidation sites excluding steroid dienone is 1. The predicted molar refractivity (Wildman–Crippen MR) is 68.0 cm³/mol. The summed E-state index contributed by atoms with van der Waals surface area (Å²) in [6.45, 7) is 1.93. The maximum Gasteiger partial charge on any atom is 0.260 e. The molecule has 0 saturated heterocycles. The molecule has 0 N–H and O–H groups in total. The number of amides is 2. The minimum Gasteiger partial charge on any atom is -0.274 e. The topological polar surface area (TPSA) is 37.4 Å². The quantitative estimate of drug-likeness (QED) is 0.609. The van der Waals surface area contributed by atoms with E-state index < -0.39 is 0 Å². The zero-order chi connectivity index (χ0) is 12.7.